The number of anilines is 2. The van der Waals surface area contributed by atoms with Gasteiger partial charge in [-0.3, -0.25) is 4.79 Å². The van der Waals surface area contributed by atoms with Crippen LogP contribution in [0.5, 0.6) is 11.5 Å². The zero-order chi connectivity index (χ0) is 19.3. The first-order valence-electron chi connectivity index (χ1n) is 7.50. The SMILES string of the molecule is COc1ccc(NCC(=O)Nc2cccc(Br)c2)c(OC)c1S(C)(=O)=O. The Morgan fingerprint density at radius 3 is 2.46 bits per heavy atom. The fourth-order valence-corrected chi connectivity index (χ4v) is 3.79. The van der Waals surface area contributed by atoms with E-state index in [9.17, 15) is 13.2 Å². The highest BCUT2D eigenvalue weighted by Gasteiger charge is 2.23. The predicted octanol–water partition coefficient (Wildman–Crippen LogP) is 2.92. The minimum absolute atomic E-state index is 0.0695. The van der Waals surface area contributed by atoms with E-state index in [0.29, 0.717) is 11.4 Å². The van der Waals surface area contributed by atoms with Crippen LogP contribution in [0.25, 0.3) is 0 Å². The largest absolute Gasteiger partial charge is 0.495 e. The van der Waals surface area contributed by atoms with Crippen LogP contribution in [0, 0.1) is 0 Å². The van der Waals surface area contributed by atoms with Gasteiger partial charge in [-0.2, -0.15) is 0 Å². The monoisotopic (exact) mass is 442 g/mol. The Labute approximate surface area is 160 Å². The summed E-state index contributed by atoms with van der Waals surface area (Å²) < 4.78 is 35.4. The second kappa shape index (κ2) is 8.41. The molecule has 0 aliphatic rings. The number of sulfone groups is 1. The first kappa shape index (κ1) is 20.1. The van der Waals surface area contributed by atoms with Crippen LogP contribution in [0.15, 0.2) is 45.8 Å². The lowest BCUT2D eigenvalue weighted by molar-refractivity contribution is -0.114. The summed E-state index contributed by atoms with van der Waals surface area (Å²) >= 11 is 3.33. The van der Waals surface area contributed by atoms with Crippen LogP contribution in [-0.4, -0.2) is 41.3 Å². The van der Waals surface area contributed by atoms with Crippen LogP contribution < -0.4 is 20.1 Å². The van der Waals surface area contributed by atoms with Gasteiger partial charge in [0, 0.05) is 16.4 Å². The topological polar surface area (TPSA) is 93.7 Å². The Balaban J connectivity index is 2.20. The molecule has 2 aromatic carbocycles. The quantitative estimate of drug-likeness (QED) is 0.684. The van der Waals surface area contributed by atoms with Crippen LogP contribution in [0.1, 0.15) is 0 Å². The van der Waals surface area contributed by atoms with Crippen molar-refractivity contribution in [1.82, 2.24) is 0 Å². The summed E-state index contributed by atoms with van der Waals surface area (Å²) in [6, 6.07) is 10.3. The van der Waals surface area contributed by atoms with Gasteiger partial charge in [-0.25, -0.2) is 8.42 Å². The molecule has 7 nitrogen and oxygen atoms in total. The molecule has 140 valence electrons. The zero-order valence-corrected chi connectivity index (χ0v) is 16.9. The summed E-state index contributed by atoms with van der Waals surface area (Å²) in [6.45, 7) is -0.0710. The molecule has 0 aliphatic carbocycles. The van der Waals surface area contributed by atoms with Crippen molar-refractivity contribution in [3.05, 3.63) is 40.9 Å². The number of nitrogens with one attached hydrogen (secondary N) is 2. The predicted molar refractivity (Wildman–Crippen MR) is 104 cm³/mol. The van der Waals surface area contributed by atoms with Gasteiger partial charge < -0.3 is 20.1 Å². The highest BCUT2D eigenvalue weighted by atomic mass is 79.9. The summed E-state index contributed by atoms with van der Waals surface area (Å²) in [6.07, 6.45) is 1.07. The molecule has 2 N–H and O–H groups in total. The van der Waals surface area contributed by atoms with Crippen LogP contribution in [0.2, 0.25) is 0 Å². The molecule has 26 heavy (non-hydrogen) atoms. The molecular weight excluding hydrogens is 424 g/mol. The maximum atomic E-state index is 12.1. The lowest BCUT2D eigenvalue weighted by atomic mass is 10.2. The van der Waals surface area contributed by atoms with Gasteiger partial charge in [0.25, 0.3) is 0 Å². The molecule has 9 heteroatoms. The van der Waals surface area contributed by atoms with E-state index in [1.165, 1.54) is 20.3 Å². The molecular formula is C17H19BrN2O5S. The fourth-order valence-electron chi connectivity index (χ4n) is 2.35. The number of methoxy groups -OCH3 is 2. The summed E-state index contributed by atoms with van der Waals surface area (Å²) in [4.78, 5) is 12.1. The molecule has 0 aromatic heterocycles. The van der Waals surface area contributed by atoms with Crippen molar-refractivity contribution in [1.29, 1.82) is 0 Å². The molecule has 0 bridgehead atoms. The minimum atomic E-state index is -3.60. The number of halogens is 1. The third-order valence-corrected chi connectivity index (χ3v) is 5.04. The van der Waals surface area contributed by atoms with Gasteiger partial charge >= 0.3 is 0 Å². The van der Waals surface area contributed by atoms with Crippen LogP contribution >= 0.6 is 15.9 Å². The maximum absolute atomic E-state index is 12.1. The number of amides is 1. The molecule has 2 aromatic rings. The Hall–Kier alpha value is -2.26. The second-order valence-electron chi connectivity index (χ2n) is 5.36. The number of hydrogen-bond donors (Lipinski definition) is 2. The molecule has 2 rings (SSSR count). The molecule has 0 fully saturated rings. The number of rotatable bonds is 7. The van der Waals surface area contributed by atoms with E-state index in [1.54, 1.807) is 24.3 Å². The molecule has 0 heterocycles. The van der Waals surface area contributed by atoms with Crippen LogP contribution in [0.4, 0.5) is 11.4 Å². The van der Waals surface area contributed by atoms with Crippen LogP contribution in [-0.2, 0) is 14.6 Å². The molecule has 0 saturated carbocycles. The van der Waals surface area contributed by atoms with Crippen molar-refractivity contribution in [2.75, 3.05) is 37.7 Å². The first-order valence-corrected chi connectivity index (χ1v) is 10.2. The van der Waals surface area contributed by atoms with E-state index in [4.69, 9.17) is 9.47 Å². The Morgan fingerprint density at radius 2 is 1.88 bits per heavy atom. The van der Waals surface area contributed by atoms with Crippen molar-refractivity contribution in [3.63, 3.8) is 0 Å². The van der Waals surface area contributed by atoms with E-state index in [-0.39, 0.29) is 28.8 Å². The van der Waals surface area contributed by atoms with Gasteiger partial charge in [0.15, 0.2) is 20.5 Å². The summed E-state index contributed by atoms with van der Waals surface area (Å²) in [7, 11) is -0.864. The van der Waals surface area contributed by atoms with Crippen molar-refractivity contribution in [2.45, 2.75) is 4.90 Å². The van der Waals surface area contributed by atoms with Gasteiger partial charge in [0.2, 0.25) is 5.91 Å². The third kappa shape index (κ3) is 4.89. The standard InChI is InChI=1S/C17H19BrN2O5S/c1-24-14-8-7-13(16(25-2)17(14)26(3,22)23)19-10-15(21)20-12-6-4-5-11(18)9-12/h4-9,19H,10H2,1-3H3,(H,20,21). The van der Waals surface area contributed by atoms with Gasteiger partial charge in [-0.1, -0.05) is 22.0 Å². The summed E-state index contributed by atoms with van der Waals surface area (Å²) in [5.41, 5.74) is 1.02. The molecule has 0 atom stereocenters. The van der Waals surface area contributed by atoms with Crippen molar-refractivity contribution < 1.29 is 22.7 Å². The Kier molecular flexibility index (Phi) is 6.49. The van der Waals surface area contributed by atoms with Crippen molar-refractivity contribution in [3.8, 4) is 11.5 Å². The minimum Gasteiger partial charge on any atom is -0.495 e. The number of carbonyl (C=O) groups is 1. The average molecular weight is 443 g/mol. The first-order chi connectivity index (χ1) is 12.3. The highest BCUT2D eigenvalue weighted by Crippen LogP contribution is 2.39. The molecule has 0 aliphatic heterocycles. The van der Waals surface area contributed by atoms with E-state index in [0.717, 1.165) is 10.7 Å². The second-order valence-corrected chi connectivity index (χ2v) is 8.23. The number of hydrogen-bond acceptors (Lipinski definition) is 6. The lowest BCUT2D eigenvalue weighted by Crippen LogP contribution is -2.22. The van der Waals surface area contributed by atoms with E-state index < -0.39 is 9.84 Å². The summed E-state index contributed by atoms with van der Waals surface area (Å²) in [5, 5.41) is 5.64. The average Bonchev–Trinajstić information content (AvgIpc) is 2.58. The highest BCUT2D eigenvalue weighted by molar-refractivity contribution is 9.10. The van der Waals surface area contributed by atoms with Gasteiger partial charge in [0.1, 0.15) is 5.75 Å². The van der Waals surface area contributed by atoms with E-state index in [1.807, 2.05) is 6.07 Å². The van der Waals surface area contributed by atoms with Crippen molar-refractivity contribution in [2.24, 2.45) is 0 Å². The Morgan fingerprint density at radius 1 is 1.15 bits per heavy atom. The molecule has 0 spiro atoms. The third-order valence-electron chi connectivity index (χ3n) is 3.42. The Bertz CT molecular complexity index is 915. The number of benzene rings is 2. The van der Waals surface area contributed by atoms with E-state index in [2.05, 4.69) is 26.6 Å². The van der Waals surface area contributed by atoms with Gasteiger partial charge in [-0.05, 0) is 30.3 Å². The van der Waals surface area contributed by atoms with Crippen LogP contribution in [0.3, 0.4) is 0 Å². The van der Waals surface area contributed by atoms with E-state index >= 15 is 0 Å². The normalized spacial score (nSPS) is 10.9. The van der Waals surface area contributed by atoms with Gasteiger partial charge in [-0.15, -0.1) is 0 Å². The van der Waals surface area contributed by atoms with Gasteiger partial charge in [0.05, 0.1) is 26.5 Å². The molecule has 0 unspecified atom stereocenters. The molecule has 1 amide bonds. The lowest BCUT2D eigenvalue weighted by Gasteiger charge is -2.16. The summed E-state index contributed by atoms with van der Waals surface area (Å²) in [5.74, 6) is -0.0162. The van der Waals surface area contributed by atoms with Crippen molar-refractivity contribution >= 4 is 43.0 Å². The number of carbonyl (C=O) groups excluding carboxylic acids is 1. The maximum Gasteiger partial charge on any atom is 0.243 e. The number of ether oxygens (including phenoxy) is 2. The zero-order valence-electron chi connectivity index (χ0n) is 14.5. The molecule has 0 radical (unpaired) electrons. The molecule has 0 saturated heterocycles. The fraction of sp³-hybridized carbons (Fsp3) is 0.235. The smallest absolute Gasteiger partial charge is 0.243 e.